The van der Waals surface area contributed by atoms with Crippen LogP contribution >= 0.6 is 11.6 Å². The van der Waals surface area contributed by atoms with Gasteiger partial charge in [0.15, 0.2) is 9.84 Å². The van der Waals surface area contributed by atoms with Gasteiger partial charge in [-0.2, -0.15) is 0 Å². The van der Waals surface area contributed by atoms with E-state index in [1.807, 2.05) is 6.07 Å². The Balaban J connectivity index is 2.19. The highest BCUT2D eigenvalue weighted by Crippen LogP contribution is 2.34. The molecule has 1 fully saturated rings. The fourth-order valence-corrected chi connectivity index (χ4v) is 5.53. The Labute approximate surface area is 132 Å². The van der Waals surface area contributed by atoms with Crippen molar-refractivity contribution in [1.82, 2.24) is 0 Å². The van der Waals surface area contributed by atoms with E-state index in [0.717, 1.165) is 12.8 Å². The minimum atomic E-state index is -3.28. The van der Waals surface area contributed by atoms with Crippen molar-refractivity contribution >= 4 is 21.4 Å². The average Bonchev–Trinajstić information content (AvgIpc) is 2.41. The third kappa shape index (κ3) is 3.99. The summed E-state index contributed by atoms with van der Waals surface area (Å²) in [5, 5.41) is 0.0563. The van der Waals surface area contributed by atoms with E-state index < -0.39 is 15.1 Å². The van der Waals surface area contributed by atoms with Gasteiger partial charge in [0.05, 0.1) is 11.0 Å². The smallest absolute Gasteiger partial charge is 0.158 e. The van der Waals surface area contributed by atoms with Crippen LogP contribution < -0.4 is 5.73 Å². The van der Waals surface area contributed by atoms with Crippen LogP contribution in [-0.4, -0.2) is 19.7 Å². The molecule has 21 heavy (non-hydrogen) atoms. The highest BCUT2D eigenvalue weighted by molar-refractivity contribution is 7.91. The van der Waals surface area contributed by atoms with Crippen LogP contribution in [0, 0.1) is 11.8 Å². The lowest BCUT2D eigenvalue weighted by molar-refractivity contribution is 0.261. The van der Waals surface area contributed by atoms with Crippen LogP contribution in [0.5, 0.6) is 0 Å². The quantitative estimate of drug-likeness (QED) is 0.920. The van der Waals surface area contributed by atoms with Gasteiger partial charge in [0.2, 0.25) is 0 Å². The minimum absolute atomic E-state index is 0.0180. The van der Waals surface area contributed by atoms with Gasteiger partial charge in [0, 0.05) is 11.1 Å². The van der Waals surface area contributed by atoms with Crippen molar-refractivity contribution in [3.05, 3.63) is 34.9 Å². The molecular weight excluding hydrogens is 306 g/mol. The van der Waals surface area contributed by atoms with Crippen molar-refractivity contribution < 1.29 is 8.42 Å². The zero-order valence-electron chi connectivity index (χ0n) is 12.6. The second-order valence-corrected chi connectivity index (χ2v) is 9.05. The summed E-state index contributed by atoms with van der Waals surface area (Å²) < 4.78 is 25.5. The van der Waals surface area contributed by atoms with Crippen LogP contribution in [0.15, 0.2) is 24.3 Å². The lowest BCUT2D eigenvalue weighted by Gasteiger charge is -2.35. The maximum Gasteiger partial charge on any atom is 0.158 e. The van der Waals surface area contributed by atoms with Crippen LogP contribution in [0.25, 0.3) is 0 Å². The molecule has 1 aromatic rings. The maximum absolute atomic E-state index is 12.7. The molecule has 2 rings (SSSR count). The van der Waals surface area contributed by atoms with Crippen molar-refractivity contribution in [3.63, 3.8) is 0 Å². The predicted molar refractivity (Wildman–Crippen MR) is 88.0 cm³/mol. The largest absolute Gasteiger partial charge is 0.327 e. The van der Waals surface area contributed by atoms with E-state index in [2.05, 4.69) is 13.8 Å². The summed E-state index contributed by atoms with van der Waals surface area (Å²) in [5.74, 6) is 0.918. The van der Waals surface area contributed by atoms with E-state index in [1.54, 1.807) is 18.2 Å². The van der Waals surface area contributed by atoms with E-state index in [4.69, 9.17) is 17.3 Å². The Hall–Kier alpha value is -0.580. The van der Waals surface area contributed by atoms with Gasteiger partial charge in [0.1, 0.15) is 0 Å². The Kier molecular flexibility index (Phi) is 5.33. The monoisotopic (exact) mass is 329 g/mol. The first kappa shape index (κ1) is 16.8. The number of nitrogens with two attached hydrogens (primary N) is 1. The minimum Gasteiger partial charge on any atom is -0.327 e. The van der Waals surface area contributed by atoms with E-state index >= 15 is 0 Å². The first-order valence-corrected chi connectivity index (χ1v) is 9.61. The first-order chi connectivity index (χ1) is 9.81. The number of rotatable bonds is 4. The fraction of sp³-hybridized carbons (Fsp3) is 0.625. The number of benzene rings is 1. The molecule has 1 saturated carbocycles. The second kappa shape index (κ2) is 6.67. The lowest BCUT2D eigenvalue weighted by Crippen LogP contribution is -2.46. The van der Waals surface area contributed by atoms with Gasteiger partial charge >= 0.3 is 0 Å². The van der Waals surface area contributed by atoms with Crippen molar-refractivity contribution in [3.8, 4) is 0 Å². The highest BCUT2D eigenvalue weighted by Gasteiger charge is 2.38. The SMILES string of the molecule is CC(C)C1CCC(N)C(S(=O)(=O)Cc2ccccc2Cl)C1. The molecule has 0 amide bonds. The molecule has 2 N–H and O–H groups in total. The van der Waals surface area contributed by atoms with Gasteiger partial charge in [-0.25, -0.2) is 8.42 Å². The van der Waals surface area contributed by atoms with Crippen molar-refractivity contribution in [1.29, 1.82) is 0 Å². The molecule has 1 aromatic carbocycles. The molecule has 0 spiro atoms. The zero-order chi connectivity index (χ0) is 15.6. The normalized spacial score (nSPS) is 27.0. The number of hydrogen-bond acceptors (Lipinski definition) is 3. The number of sulfone groups is 1. The van der Waals surface area contributed by atoms with Crippen molar-refractivity contribution in [2.75, 3.05) is 0 Å². The summed E-state index contributed by atoms with van der Waals surface area (Å²) in [5.41, 5.74) is 6.77. The van der Waals surface area contributed by atoms with E-state index in [0.29, 0.717) is 28.8 Å². The fourth-order valence-electron chi connectivity index (χ4n) is 3.14. The Morgan fingerprint density at radius 1 is 1.29 bits per heavy atom. The van der Waals surface area contributed by atoms with Crippen LogP contribution in [0.3, 0.4) is 0 Å². The molecule has 0 radical (unpaired) electrons. The summed E-state index contributed by atoms with van der Waals surface area (Å²) in [4.78, 5) is 0. The molecule has 1 aliphatic rings. The molecule has 118 valence electrons. The van der Waals surface area contributed by atoms with Crippen molar-refractivity contribution in [2.24, 2.45) is 17.6 Å². The van der Waals surface area contributed by atoms with Gasteiger partial charge in [-0.1, -0.05) is 43.6 Å². The molecule has 3 atom stereocenters. The topological polar surface area (TPSA) is 60.2 Å². The van der Waals surface area contributed by atoms with Gasteiger partial charge in [-0.15, -0.1) is 0 Å². The Bertz CT molecular complexity index is 586. The highest BCUT2D eigenvalue weighted by atomic mass is 35.5. The van der Waals surface area contributed by atoms with E-state index in [-0.39, 0.29) is 11.8 Å². The maximum atomic E-state index is 12.7. The van der Waals surface area contributed by atoms with Gasteiger partial charge in [-0.3, -0.25) is 0 Å². The summed E-state index contributed by atoms with van der Waals surface area (Å²) in [6, 6.07) is 6.86. The molecule has 1 aliphatic carbocycles. The zero-order valence-corrected chi connectivity index (χ0v) is 14.2. The van der Waals surface area contributed by atoms with E-state index in [9.17, 15) is 8.42 Å². The Morgan fingerprint density at radius 3 is 2.57 bits per heavy atom. The van der Waals surface area contributed by atoms with Gasteiger partial charge in [-0.05, 0) is 42.7 Å². The molecular formula is C16H24ClNO2S. The standard InChI is InChI=1S/C16H24ClNO2S/c1-11(2)12-7-8-15(18)16(9-12)21(19,20)10-13-5-3-4-6-14(13)17/h3-6,11-12,15-16H,7-10,18H2,1-2H3. The van der Waals surface area contributed by atoms with Crippen LogP contribution in [0.2, 0.25) is 5.02 Å². The van der Waals surface area contributed by atoms with Crippen LogP contribution in [0.4, 0.5) is 0 Å². The molecule has 5 heteroatoms. The molecule has 3 nitrogen and oxygen atoms in total. The number of hydrogen-bond donors (Lipinski definition) is 1. The van der Waals surface area contributed by atoms with Crippen molar-refractivity contribution in [2.45, 2.75) is 50.2 Å². The predicted octanol–water partition coefficient (Wildman–Crippen LogP) is 3.41. The average molecular weight is 330 g/mol. The summed E-state index contributed by atoms with van der Waals surface area (Å²) in [6.45, 7) is 4.30. The molecule has 0 heterocycles. The first-order valence-electron chi connectivity index (χ1n) is 7.52. The van der Waals surface area contributed by atoms with Gasteiger partial charge < -0.3 is 5.73 Å². The number of halogens is 1. The molecule has 0 aromatic heterocycles. The molecule has 0 aliphatic heterocycles. The third-order valence-corrected chi connectivity index (χ3v) is 7.15. The molecule has 0 bridgehead atoms. The molecule has 3 unspecified atom stereocenters. The summed E-state index contributed by atoms with van der Waals surface area (Å²) >= 11 is 6.09. The lowest BCUT2D eigenvalue weighted by atomic mass is 9.79. The molecule has 0 saturated heterocycles. The third-order valence-electron chi connectivity index (χ3n) is 4.60. The summed E-state index contributed by atoms with van der Waals surface area (Å²) in [6.07, 6.45) is 2.48. The second-order valence-electron chi connectivity index (χ2n) is 6.42. The van der Waals surface area contributed by atoms with Crippen LogP contribution in [-0.2, 0) is 15.6 Å². The van der Waals surface area contributed by atoms with E-state index in [1.165, 1.54) is 0 Å². The summed E-state index contributed by atoms with van der Waals surface area (Å²) in [7, 11) is -3.28. The Morgan fingerprint density at radius 2 is 1.95 bits per heavy atom. The van der Waals surface area contributed by atoms with Gasteiger partial charge in [0.25, 0.3) is 0 Å². The van der Waals surface area contributed by atoms with Crippen LogP contribution in [0.1, 0.15) is 38.7 Å².